The van der Waals surface area contributed by atoms with Crippen molar-refractivity contribution >= 4 is 17.4 Å². The van der Waals surface area contributed by atoms with Crippen LogP contribution in [0.1, 0.15) is 59.7 Å². The quantitative estimate of drug-likeness (QED) is 0.368. The fourth-order valence-corrected chi connectivity index (χ4v) is 5.01. The minimum absolute atomic E-state index is 0.105. The van der Waals surface area contributed by atoms with E-state index >= 15 is 0 Å². The summed E-state index contributed by atoms with van der Waals surface area (Å²) in [6.07, 6.45) is 3.78. The number of piperidine rings is 1. The molecule has 2 aromatic rings. The number of unbranched alkanes of at least 4 members (excludes halogenated alkanes) is 1. The van der Waals surface area contributed by atoms with Crippen LogP contribution in [-0.4, -0.2) is 43.8 Å². The number of anilines is 1. The van der Waals surface area contributed by atoms with E-state index in [1.807, 2.05) is 64.0 Å². The Morgan fingerprint density at radius 2 is 1.79 bits per heavy atom. The Hall–Kier alpha value is -2.53. The summed E-state index contributed by atoms with van der Waals surface area (Å²) in [6, 6.07) is 10.7. The summed E-state index contributed by atoms with van der Waals surface area (Å²) in [5.41, 5.74) is 4.21. The molecule has 5 heteroatoms. The van der Waals surface area contributed by atoms with E-state index in [1.54, 1.807) is 6.07 Å². The Morgan fingerprint density at radius 3 is 2.42 bits per heavy atom. The van der Waals surface area contributed by atoms with Gasteiger partial charge in [-0.3, -0.25) is 9.59 Å². The minimum Gasteiger partial charge on any atom is -0.311 e. The summed E-state index contributed by atoms with van der Waals surface area (Å²) in [6.45, 7) is 7.46. The smallest absolute Gasteiger partial charge is 0.229 e. The second-order valence-electron chi connectivity index (χ2n) is 9.89. The number of hydrogen-bond donors (Lipinski definition) is 0. The average Bonchev–Trinajstić information content (AvgIpc) is 2.75. The summed E-state index contributed by atoms with van der Waals surface area (Å²) >= 11 is 0. The molecule has 0 spiro atoms. The third-order valence-corrected chi connectivity index (χ3v) is 6.62. The fourth-order valence-electron chi connectivity index (χ4n) is 5.01. The first kappa shape index (κ1) is 25.1. The lowest BCUT2D eigenvalue weighted by molar-refractivity contribution is -0.124. The SMILES string of the molecule is Cc1cc(C(=O)CCCCN(C)C)cc(C)c1N1C[C@@H](Cc2ccccc2F)C[C@@H](C)C1=O. The van der Waals surface area contributed by atoms with Crippen LogP contribution in [-0.2, 0) is 11.2 Å². The first-order chi connectivity index (χ1) is 15.7. The number of carbonyl (C=O) groups excluding carboxylic acids is 2. The Labute approximate surface area is 197 Å². The molecule has 178 valence electrons. The van der Waals surface area contributed by atoms with Crippen LogP contribution < -0.4 is 4.90 Å². The van der Waals surface area contributed by atoms with E-state index in [1.165, 1.54) is 6.07 Å². The van der Waals surface area contributed by atoms with Crippen molar-refractivity contribution in [3.05, 3.63) is 64.5 Å². The van der Waals surface area contributed by atoms with Crippen LogP contribution in [0.2, 0.25) is 0 Å². The van der Waals surface area contributed by atoms with Crippen molar-refractivity contribution in [3.8, 4) is 0 Å². The second kappa shape index (κ2) is 11.1. The third-order valence-electron chi connectivity index (χ3n) is 6.62. The monoisotopic (exact) mass is 452 g/mol. The Kier molecular flexibility index (Phi) is 8.41. The maximum absolute atomic E-state index is 14.2. The van der Waals surface area contributed by atoms with Gasteiger partial charge in [-0.2, -0.15) is 0 Å². The largest absolute Gasteiger partial charge is 0.311 e. The number of carbonyl (C=O) groups is 2. The van der Waals surface area contributed by atoms with Gasteiger partial charge in [-0.15, -0.1) is 0 Å². The average molecular weight is 453 g/mol. The van der Waals surface area contributed by atoms with E-state index in [4.69, 9.17) is 0 Å². The van der Waals surface area contributed by atoms with E-state index in [0.29, 0.717) is 24.9 Å². The first-order valence-electron chi connectivity index (χ1n) is 12.0. The highest BCUT2D eigenvalue weighted by Crippen LogP contribution is 2.34. The van der Waals surface area contributed by atoms with E-state index in [-0.39, 0.29) is 29.3 Å². The molecule has 2 atom stereocenters. The molecule has 0 N–H and O–H groups in total. The summed E-state index contributed by atoms with van der Waals surface area (Å²) in [5.74, 6) is 0.143. The van der Waals surface area contributed by atoms with Crippen LogP contribution in [0.4, 0.5) is 10.1 Å². The lowest BCUT2D eigenvalue weighted by atomic mass is 9.84. The molecule has 1 saturated heterocycles. The number of benzene rings is 2. The number of ketones is 1. The van der Waals surface area contributed by atoms with Gasteiger partial charge in [-0.1, -0.05) is 25.1 Å². The number of halogens is 1. The van der Waals surface area contributed by atoms with Crippen LogP contribution in [0.25, 0.3) is 0 Å². The summed E-state index contributed by atoms with van der Waals surface area (Å²) in [5, 5.41) is 0. The normalized spacial score (nSPS) is 18.8. The van der Waals surface area contributed by atoms with E-state index in [0.717, 1.165) is 48.2 Å². The van der Waals surface area contributed by atoms with Crippen molar-refractivity contribution < 1.29 is 14.0 Å². The number of hydrogen-bond acceptors (Lipinski definition) is 3. The molecule has 2 aromatic carbocycles. The predicted molar refractivity (Wildman–Crippen MR) is 132 cm³/mol. The van der Waals surface area contributed by atoms with Crippen LogP contribution in [0.5, 0.6) is 0 Å². The second-order valence-corrected chi connectivity index (χ2v) is 9.89. The van der Waals surface area contributed by atoms with Crippen molar-refractivity contribution in [1.82, 2.24) is 4.90 Å². The van der Waals surface area contributed by atoms with Crippen molar-refractivity contribution in [2.75, 3.05) is 32.1 Å². The number of nitrogens with zero attached hydrogens (tertiary/aromatic N) is 2. The number of rotatable bonds is 9. The van der Waals surface area contributed by atoms with Gasteiger partial charge in [0.15, 0.2) is 5.78 Å². The van der Waals surface area contributed by atoms with E-state index in [9.17, 15) is 14.0 Å². The third kappa shape index (κ3) is 6.29. The lowest BCUT2D eigenvalue weighted by Gasteiger charge is -2.38. The highest BCUT2D eigenvalue weighted by Gasteiger charge is 2.34. The number of aryl methyl sites for hydroxylation is 2. The summed E-state index contributed by atoms with van der Waals surface area (Å²) < 4.78 is 14.2. The molecule has 0 aromatic heterocycles. The van der Waals surface area contributed by atoms with Crippen LogP contribution in [0.3, 0.4) is 0 Å². The molecule has 1 fully saturated rings. The van der Waals surface area contributed by atoms with Crippen LogP contribution >= 0.6 is 0 Å². The van der Waals surface area contributed by atoms with Gasteiger partial charge in [0.25, 0.3) is 0 Å². The maximum Gasteiger partial charge on any atom is 0.229 e. The fraction of sp³-hybridized carbons (Fsp3) is 0.500. The zero-order chi connectivity index (χ0) is 24.1. The molecule has 1 aliphatic rings. The molecular formula is C28H37FN2O2. The molecule has 4 nitrogen and oxygen atoms in total. The van der Waals surface area contributed by atoms with Gasteiger partial charge in [0, 0.05) is 30.1 Å². The van der Waals surface area contributed by atoms with Gasteiger partial charge < -0.3 is 9.80 Å². The standard InChI is InChI=1S/C28H37FN2O2/c1-19-15-24(26(32)12-8-9-13-30(4)5)16-20(2)27(19)31-18-22(14-21(3)28(31)33)17-23-10-6-7-11-25(23)29/h6-7,10-11,15-16,21-22H,8-9,12-14,17-18H2,1-5H3/t21-,22-/m1/s1. The van der Waals surface area contributed by atoms with Gasteiger partial charge >= 0.3 is 0 Å². The first-order valence-corrected chi connectivity index (χ1v) is 12.0. The van der Waals surface area contributed by atoms with Gasteiger partial charge in [0.05, 0.1) is 0 Å². The molecule has 33 heavy (non-hydrogen) atoms. The molecule has 1 heterocycles. The predicted octanol–water partition coefficient (Wildman–Crippen LogP) is 5.59. The summed E-state index contributed by atoms with van der Waals surface area (Å²) in [7, 11) is 4.08. The van der Waals surface area contributed by atoms with Gasteiger partial charge in [0.2, 0.25) is 5.91 Å². The number of amides is 1. The zero-order valence-corrected chi connectivity index (χ0v) is 20.7. The van der Waals surface area contributed by atoms with Crippen molar-refractivity contribution in [3.63, 3.8) is 0 Å². The van der Waals surface area contributed by atoms with Crippen LogP contribution in [0.15, 0.2) is 36.4 Å². The van der Waals surface area contributed by atoms with Crippen LogP contribution in [0, 0.1) is 31.5 Å². The molecule has 0 bridgehead atoms. The van der Waals surface area contributed by atoms with Gasteiger partial charge in [0.1, 0.15) is 5.82 Å². The Bertz CT molecular complexity index is 978. The molecule has 3 rings (SSSR count). The van der Waals surface area contributed by atoms with E-state index in [2.05, 4.69) is 4.90 Å². The molecule has 0 unspecified atom stereocenters. The molecule has 0 aliphatic carbocycles. The lowest BCUT2D eigenvalue weighted by Crippen LogP contribution is -2.46. The molecule has 1 amide bonds. The molecule has 0 saturated carbocycles. The number of Topliss-reactive ketones (excluding diaryl/α,β-unsaturated/α-hetero) is 1. The highest BCUT2D eigenvalue weighted by molar-refractivity contribution is 6.00. The highest BCUT2D eigenvalue weighted by atomic mass is 19.1. The summed E-state index contributed by atoms with van der Waals surface area (Å²) in [4.78, 5) is 29.9. The van der Waals surface area contributed by atoms with Crippen molar-refractivity contribution in [2.45, 2.75) is 52.9 Å². The minimum atomic E-state index is -0.186. The Morgan fingerprint density at radius 1 is 1.12 bits per heavy atom. The van der Waals surface area contributed by atoms with E-state index < -0.39 is 0 Å². The van der Waals surface area contributed by atoms with Gasteiger partial charge in [-0.25, -0.2) is 4.39 Å². The Balaban J connectivity index is 1.77. The van der Waals surface area contributed by atoms with Gasteiger partial charge in [-0.05, 0) is 101 Å². The van der Waals surface area contributed by atoms with Crippen molar-refractivity contribution in [1.29, 1.82) is 0 Å². The zero-order valence-electron chi connectivity index (χ0n) is 20.7. The molecule has 1 aliphatic heterocycles. The topological polar surface area (TPSA) is 40.6 Å². The maximum atomic E-state index is 14.2. The van der Waals surface area contributed by atoms with Crippen molar-refractivity contribution in [2.24, 2.45) is 11.8 Å². The molecular weight excluding hydrogens is 415 g/mol. The molecule has 0 radical (unpaired) electrons.